The SMILES string of the molecule is Cc1ccc2c([nH+]1)CCC[C@]21C[NH2+]C[C@H]1C(=O)N1CC[C@@H](c2ccccc2)C[C@H]1C1CCCC(F)(F)C1. The second-order valence-corrected chi connectivity index (χ2v) is 12.3. The summed E-state index contributed by atoms with van der Waals surface area (Å²) in [7, 11) is 0. The number of carbonyl (C=O) groups is 1. The van der Waals surface area contributed by atoms with Crippen molar-refractivity contribution in [2.24, 2.45) is 11.8 Å². The Labute approximate surface area is 219 Å². The molecular weight excluding hydrogens is 468 g/mol. The summed E-state index contributed by atoms with van der Waals surface area (Å²) < 4.78 is 29.3. The molecule has 5 atom stereocenters. The minimum Gasteiger partial charge on any atom is -0.345 e. The van der Waals surface area contributed by atoms with E-state index < -0.39 is 5.92 Å². The van der Waals surface area contributed by atoms with Crippen LogP contribution in [-0.2, 0) is 16.6 Å². The number of benzene rings is 1. The number of nitrogens with two attached hydrogens (primary N) is 1. The van der Waals surface area contributed by atoms with Crippen LogP contribution in [0.15, 0.2) is 42.5 Å². The molecule has 0 radical (unpaired) electrons. The van der Waals surface area contributed by atoms with Gasteiger partial charge in [0.25, 0.3) is 0 Å². The maximum atomic E-state index is 14.6. The fourth-order valence-electron chi connectivity index (χ4n) is 8.31. The molecule has 2 aromatic rings. The number of amides is 1. The molecule has 1 unspecified atom stereocenters. The van der Waals surface area contributed by atoms with Crippen LogP contribution < -0.4 is 10.3 Å². The Balaban J connectivity index is 1.32. The summed E-state index contributed by atoms with van der Waals surface area (Å²) in [5, 5.41) is 2.32. The molecular formula is C31H41F2N3O+2. The summed E-state index contributed by atoms with van der Waals surface area (Å²) in [5.74, 6) is -2.30. The highest BCUT2D eigenvalue weighted by molar-refractivity contribution is 5.82. The number of alkyl halides is 2. The van der Waals surface area contributed by atoms with Crippen molar-refractivity contribution in [1.29, 1.82) is 0 Å². The lowest BCUT2D eigenvalue weighted by molar-refractivity contribution is -0.640. The first-order chi connectivity index (χ1) is 17.9. The van der Waals surface area contributed by atoms with Crippen molar-refractivity contribution in [1.82, 2.24) is 4.90 Å². The van der Waals surface area contributed by atoms with Gasteiger partial charge in [-0.15, -0.1) is 0 Å². The standard InChI is InChI=1S/C31H39F2N3O/c1-21-11-12-25-27(35-21)10-6-14-30(25)20-34-19-26(30)29(37)36-16-13-23(22-7-3-2-4-8-22)17-28(36)24-9-5-15-31(32,33)18-24/h2-4,7-8,11-12,23-24,26,28,34H,5-6,9-10,13-20H2,1H3/p+2/t23-,24?,26+,28+,30+/m1/s1. The highest BCUT2D eigenvalue weighted by atomic mass is 19.3. The van der Waals surface area contributed by atoms with Gasteiger partial charge in [-0.2, -0.15) is 0 Å². The second-order valence-electron chi connectivity index (χ2n) is 12.3. The van der Waals surface area contributed by atoms with E-state index in [0.29, 0.717) is 18.9 Å². The third-order valence-corrected chi connectivity index (χ3v) is 10.1. The number of quaternary nitrogens is 1. The van der Waals surface area contributed by atoms with Gasteiger partial charge in [-0.25, -0.2) is 13.8 Å². The van der Waals surface area contributed by atoms with E-state index >= 15 is 0 Å². The van der Waals surface area contributed by atoms with Crippen molar-refractivity contribution >= 4 is 5.91 Å². The van der Waals surface area contributed by atoms with Crippen LogP contribution in [0.3, 0.4) is 0 Å². The molecule has 37 heavy (non-hydrogen) atoms. The highest BCUT2D eigenvalue weighted by Gasteiger charge is 2.56. The normalized spacial score (nSPS) is 33.3. The number of hydrogen-bond acceptors (Lipinski definition) is 1. The third kappa shape index (κ3) is 4.60. The molecule has 2 aliphatic carbocycles. The van der Waals surface area contributed by atoms with Crippen LogP contribution in [0.1, 0.15) is 79.8 Å². The van der Waals surface area contributed by atoms with Gasteiger partial charge in [0.15, 0.2) is 11.4 Å². The topological polar surface area (TPSA) is 51.1 Å². The Morgan fingerprint density at radius 3 is 2.73 bits per heavy atom. The maximum absolute atomic E-state index is 14.6. The summed E-state index contributed by atoms with van der Waals surface area (Å²) in [5.41, 5.74) is 4.87. The molecule has 3 N–H and O–H groups in total. The summed E-state index contributed by atoms with van der Waals surface area (Å²) in [4.78, 5) is 20.2. The number of rotatable bonds is 3. The molecule has 0 bridgehead atoms. The van der Waals surface area contributed by atoms with E-state index in [-0.39, 0.29) is 42.0 Å². The summed E-state index contributed by atoms with van der Waals surface area (Å²) in [6.07, 6.45) is 6.09. The number of halogens is 2. The molecule has 3 heterocycles. The average molecular weight is 510 g/mol. The zero-order valence-corrected chi connectivity index (χ0v) is 22.0. The van der Waals surface area contributed by atoms with Crippen LogP contribution in [0.5, 0.6) is 0 Å². The number of fused-ring (bicyclic) bond motifs is 2. The fraction of sp³-hybridized carbons (Fsp3) is 0.613. The zero-order chi connectivity index (χ0) is 25.6. The lowest BCUT2D eigenvalue weighted by Gasteiger charge is -2.47. The highest BCUT2D eigenvalue weighted by Crippen LogP contribution is 2.47. The van der Waals surface area contributed by atoms with Crippen LogP contribution in [0, 0.1) is 18.8 Å². The van der Waals surface area contributed by atoms with E-state index in [1.807, 2.05) is 6.07 Å². The lowest BCUT2D eigenvalue weighted by atomic mass is 9.64. The summed E-state index contributed by atoms with van der Waals surface area (Å²) >= 11 is 0. The van der Waals surface area contributed by atoms with E-state index in [1.54, 1.807) is 0 Å². The maximum Gasteiger partial charge on any atom is 0.248 e. The molecule has 1 spiro atoms. The molecule has 1 aromatic carbocycles. The van der Waals surface area contributed by atoms with Crippen LogP contribution >= 0.6 is 0 Å². The number of aromatic amines is 1. The van der Waals surface area contributed by atoms with Crippen LogP contribution in [0.2, 0.25) is 0 Å². The van der Waals surface area contributed by atoms with Crippen molar-refractivity contribution in [3.8, 4) is 0 Å². The Hall–Kier alpha value is -2.34. The summed E-state index contributed by atoms with van der Waals surface area (Å²) in [6.45, 7) is 4.48. The molecule has 2 saturated heterocycles. The van der Waals surface area contributed by atoms with Gasteiger partial charge in [0, 0.05) is 50.4 Å². The van der Waals surface area contributed by atoms with E-state index in [9.17, 15) is 13.6 Å². The smallest absolute Gasteiger partial charge is 0.248 e. The number of nitrogens with zero attached hydrogens (tertiary/aromatic N) is 1. The van der Waals surface area contributed by atoms with Gasteiger partial charge in [0.05, 0.1) is 18.5 Å². The lowest BCUT2D eigenvalue weighted by Crippen LogP contribution is -2.82. The quantitative estimate of drug-likeness (QED) is 0.663. The average Bonchev–Trinajstić information content (AvgIpc) is 3.31. The minimum atomic E-state index is -2.62. The van der Waals surface area contributed by atoms with Crippen molar-refractivity contribution < 1.29 is 23.9 Å². The van der Waals surface area contributed by atoms with E-state index in [0.717, 1.165) is 57.3 Å². The molecule has 1 amide bonds. The number of H-pyrrole nitrogens is 1. The van der Waals surface area contributed by atoms with Gasteiger partial charge in [-0.05, 0) is 62.0 Å². The number of pyridine rings is 1. The first kappa shape index (κ1) is 25.0. The molecule has 198 valence electrons. The zero-order valence-electron chi connectivity index (χ0n) is 22.0. The molecule has 2 aliphatic heterocycles. The minimum absolute atomic E-state index is 0.0142. The van der Waals surface area contributed by atoms with Crippen LogP contribution in [0.4, 0.5) is 8.78 Å². The van der Waals surface area contributed by atoms with Gasteiger partial charge in [0.2, 0.25) is 11.8 Å². The monoisotopic (exact) mass is 509 g/mol. The van der Waals surface area contributed by atoms with Gasteiger partial charge in [0.1, 0.15) is 5.92 Å². The number of aryl methyl sites for hydroxylation is 2. The molecule has 4 aliphatic rings. The third-order valence-electron chi connectivity index (χ3n) is 10.1. The molecule has 6 heteroatoms. The van der Waals surface area contributed by atoms with Crippen molar-refractivity contribution in [3.63, 3.8) is 0 Å². The predicted molar refractivity (Wildman–Crippen MR) is 138 cm³/mol. The Bertz CT molecular complexity index is 1140. The van der Waals surface area contributed by atoms with E-state index in [1.165, 1.54) is 16.8 Å². The largest absolute Gasteiger partial charge is 0.345 e. The predicted octanol–water partition coefficient (Wildman–Crippen LogP) is 4.18. The molecule has 3 fully saturated rings. The molecule has 6 rings (SSSR count). The number of hydrogen-bond donors (Lipinski definition) is 1. The Morgan fingerprint density at radius 2 is 1.92 bits per heavy atom. The van der Waals surface area contributed by atoms with Gasteiger partial charge < -0.3 is 10.2 Å². The van der Waals surface area contributed by atoms with Gasteiger partial charge in [-0.3, -0.25) is 4.79 Å². The van der Waals surface area contributed by atoms with Crippen molar-refractivity contribution in [2.75, 3.05) is 19.6 Å². The fourth-order valence-corrected chi connectivity index (χ4v) is 8.31. The molecule has 1 aromatic heterocycles. The first-order valence-corrected chi connectivity index (χ1v) is 14.4. The van der Waals surface area contributed by atoms with Crippen molar-refractivity contribution in [2.45, 2.75) is 88.0 Å². The molecule has 4 nitrogen and oxygen atoms in total. The van der Waals surface area contributed by atoms with Crippen molar-refractivity contribution in [3.05, 3.63) is 65.0 Å². The number of carbonyl (C=O) groups excluding carboxylic acids is 1. The number of aromatic nitrogens is 1. The molecule has 1 saturated carbocycles. The van der Waals surface area contributed by atoms with Crippen LogP contribution in [0.25, 0.3) is 0 Å². The Morgan fingerprint density at radius 1 is 1.08 bits per heavy atom. The van der Waals surface area contributed by atoms with Gasteiger partial charge in [-0.1, -0.05) is 30.3 Å². The first-order valence-electron chi connectivity index (χ1n) is 14.4. The number of likely N-dealkylation sites (tertiary alicyclic amines) is 1. The number of nitrogens with one attached hydrogen (secondary N) is 1. The van der Waals surface area contributed by atoms with E-state index in [4.69, 9.17) is 0 Å². The van der Waals surface area contributed by atoms with Crippen LogP contribution in [-0.4, -0.2) is 42.4 Å². The second kappa shape index (κ2) is 9.76. The number of piperidine rings is 1. The van der Waals surface area contributed by atoms with E-state index in [2.05, 4.69) is 58.5 Å². The summed E-state index contributed by atoms with van der Waals surface area (Å²) in [6, 6.07) is 14.8. The Kier molecular flexibility index (Phi) is 6.58. The van der Waals surface area contributed by atoms with Gasteiger partial charge >= 0.3 is 0 Å².